The summed E-state index contributed by atoms with van der Waals surface area (Å²) in [5.74, 6) is -0.848. The van der Waals surface area contributed by atoms with Crippen LogP contribution in [0.5, 0.6) is 0 Å². The van der Waals surface area contributed by atoms with Crippen LogP contribution < -0.4 is 4.90 Å². The molecule has 1 aromatic carbocycles. The maximum atomic E-state index is 11.0. The van der Waals surface area contributed by atoms with Gasteiger partial charge in [0.1, 0.15) is 0 Å². The molecule has 0 bridgehead atoms. The summed E-state index contributed by atoms with van der Waals surface area (Å²) < 4.78 is 0. The molecule has 3 nitrogen and oxygen atoms in total. The van der Waals surface area contributed by atoms with E-state index in [4.69, 9.17) is 5.11 Å². The highest BCUT2D eigenvalue weighted by molar-refractivity contribution is 5.89. The van der Waals surface area contributed by atoms with Crippen LogP contribution in [0.25, 0.3) is 0 Å². The topological polar surface area (TPSA) is 40.5 Å². The highest BCUT2D eigenvalue weighted by atomic mass is 16.4. The summed E-state index contributed by atoms with van der Waals surface area (Å²) in [5.41, 5.74) is 2.36. The molecule has 0 aliphatic heterocycles. The third kappa shape index (κ3) is 2.66. The number of benzene rings is 1. The van der Waals surface area contributed by atoms with E-state index in [0.717, 1.165) is 11.3 Å². The lowest BCUT2D eigenvalue weighted by atomic mass is 9.94. The predicted octanol–water partition coefficient (Wildman–Crippen LogP) is 3.46. The molecule has 2 rings (SSSR count). The SMILES string of the molecule is Cc1cc(N(C)C2CCCCC2)ccc1C(=O)O. The molecule has 1 aromatic rings. The first-order valence-electron chi connectivity index (χ1n) is 6.66. The van der Waals surface area contributed by atoms with E-state index >= 15 is 0 Å². The first-order chi connectivity index (χ1) is 8.59. The van der Waals surface area contributed by atoms with Crippen LogP contribution in [0.15, 0.2) is 18.2 Å². The normalized spacial score (nSPS) is 16.6. The standard InChI is InChI=1S/C15H21NO2/c1-11-10-13(8-9-14(11)15(17)18)16(2)12-6-4-3-5-7-12/h8-10,12H,3-7H2,1-2H3,(H,17,18). The number of nitrogens with zero attached hydrogens (tertiary/aromatic N) is 1. The van der Waals surface area contributed by atoms with Crippen molar-refractivity contribution in [1.29, 1.82) is 0 Å². The zero-order valence-electron chi connectivity index (χ0n) is 11.1. The van der Waals surface area contributed by atoms with Crippen molar-refractivity contribution in [1.82, 2.24) is 0 Å². The second-order valence-corrected chi connectivity index (χ2v) is 5.21. The summed E-state index contributed by atoms with van der Waals surface area (Å²) in [7, 11) is 2.12. The van der Waals surface area contributed by atoms with E-state index in [1.807, 2.05) is 19.1 Å². The van der Waals surface area contributed by atoms with E-state index in [-0.39, 0.29) is 0 Å². The number of anilines is 1. The molecule has 1 aliphatic carbocycles. The minimum Gasteiger partial charge on any atom is -0.478 e. The number of hydrogen-bond acceptors (Lipinski definition) is 2. The van der Waals surface area contributed by atoms with Gasteiger partial charge in [0, 0.05) is 18.8 Å². The van der Waals surface area contributed by atoms with Crippen molar-refractivity contribution in [3.05, 3.63) is 29.3 Å². The van der Waals surface area contributed by atoms with Crippen LogP contribution in [0, 0.1) is 6.92 Å². The lowest BCUT2D eigenvalue weighted by molar-refractivity contribution is 0.0696. The molecule has 18 heavy (non-hydrogen) atoms. The van der Waals surface area contributed by atoms with Gasteiger partial charge in [0.05, 0.1) is 5.56 Å². The molecule has 0 unspecified atom stereocenters. The number of rotatable bonds is 3. The molecule has 0 heterocycles. The zero-order valence-corrected chi connectivity index (χ0v) is 11.1. The predicted molar refractivity (Wildman–Crippen MR) is 73.4 cm³/mol. The number of hydrogen-bond donors (Lipinski definition) is 1. The lowest BCUT2D eigenvalue weighted by Gasteiger charge is -2.33. The molecule has 0 spiro atoms. The van der Waals surface area contributed by atoms with Crippen LogP contribution in [-0.2, 0) is 0 Å². The Bertz CT molecular complexity index is 436. The Labute approximate surface area is 108 Å². The van der Waals surface area contributed by atoms with Gasteiger partial charge in [0.2, 0.25) is 0 Å². The molecule has 0 saturated heterocycles. The number of carboxylic acids is 1. The Morgan fingerprint density at radius 1 is 1.28 bits per heavy atom. The summed E-state index contributed by atoms with van der Waals surface area (Å²) in [6, 6.07) is 6.23. The smallest absolute Gasteiger partial charge is 0.335 e. The van der Waals surface area contributed by atoms with Gasteiger partial charge in [-0.3, -0.25) is 0 Å². The molecule has 1 aliphatic rings. The van der Waals surface area contributed by atoms with Crippen LogP contribution in [0.4, 0.5) is 5.69 Å². The summed E-state index contributed by atoms with van der Waals surface area (Å²) in [6.45, 7) is 1.86. The van der Waals surface area contributed by atoms with Gasteiger partial charge in [-0.2, -0.15) is 0 Å². The highest BCUT2D eigenvalue weighted by Gasteiger charge is 2.19. The Kier molecular flexibility index (Phi) is 3.90. The van der Waals surface area contributed by atoms with Crippen molar-refractivity contribution in [2.45, 2.75) is 45.1 Å². The van der Waals surface area contributed by atoms with Crippen LogP contribution in [0.3, 0.4) is 0 Å². The zero-order chi connectivity index (χ0) is 13.1. The van der Waals surface area contributed by atoms with Gasteiger partial charge in [0.15, 0.2) is 0 Å². The van der Waals surface area contributed by atoms with Crippen molar-refractivity contribution in [2.24, 2.45) is 0 Å². The Morgan fingerprint density at radius 2 is 1.94 bits per heavy atom. The minimum atomic E-state index is -0.848. The summed E-state index contributed by atoms with van der Waals surface area (Å²) in [5, 5.41) is 9.03. The molecule has 0 atom stereocenters. The molecule has 3 heteroatoms. The first-order valence-corrected chi connectivity index (χ1v) is 6.66. The maximum Gasteiger partial charge on any atom is 0.335 e. The second kappa shape index (κ2) is 5.42. The van der Waals surface area contributed by atoms with E-state index in [0.29, 0.717) is 11.6 Å². The van der Waals surface area contributed by atoms with Gasteiger partial charge in [-0.1, -0.05) is 19.3 Å². The molecule has 98 valence electrons. The molecule has 0 amide bonds. The Hall–Kier alpha value is -1.51. The fourth-order valence-electron chi connectivity index (χ4n) is 2.79. The number of aryl methyl sites for hydroxylation is 1. The highest BCUT2D eigenvalue weighted by Crippen LogP contribution is 2.27. The third-order valence-corrected chi connectivity index (χ3v) is 3.97. The molecule has 0 radical (unpaired) electrons. The molecule has 1 fully saturated rings. The van der Waals surface area contributed by atoms with Crippen molar-refractivity contribution >= 4 is 11.7 Å². The fourth-order valence-corrected chi connectivity index (χ4v) is 2.79. The number of carbonyl (C=O) groups is 1. The maximum absolute atomic E-state index is 11.0. The van der Waals surface area contributed by atoms with E-state index in [2.05, 4.69) is 11.9 Å². The van der Waals surface area contributed by atoms with Gasteiger partial charge in [0.25, 0.3) is 0 Å². The van der Waals surface area contributed by atoms with Crippen LogP contribution >= 0.6 is 0 Å². The fraction of sp³-hybridized carbons (Fsp3) is 0.533. The van der Waals surface area contributed by atoms with Gasteiger partial charge < -0.3 is 10.0 Å². The van der Waals surface area contributed by atoms with E-state index < -0.39 is 5.97 Å². The molecular weight excluding hydrogens is 226 g/mol. The van der Waals surface area contributed by atoms with Crippen molar-refractivity contribution in [3.63, 3.8) is 0 Å². The van der Waals surface area contributed by atoms with Crippen LogP contribution in [0.1, 0.15) is 48.0 Å². The summed E-state index contributed by atoms with van der Waals surface area (Å²) in [6.07, 6.45) is 6.45. The number of carboxylic acid groups (broad SMARTS) is 1. The number of aromatic carboxylic acids is 1. The average Bonchev–Trinajstić information content (AvgIpc) is 2.38. The monoisotopic (exact) mass is 247 g/mol. The van der Waals surface area contributed by atoms with Crippen molar-refractivity contribution in [2.75, 3.05) is 11.9 Å². The van der Waals surface area contributed by atoms with E-state index in [1.54, 1.807) is 6.07 Å². The summed E-state index contributed by atoms with van der Waals surface area (Å²) >= 11 is 0. The van der Waals surface area contributed by atoms with E-state index in [9.17, 15) is 4.79 Å². The Balaban J connectivity index is 2.17. The summed E-state index contributed by atoms with van der Waals surface area (Å²) in [4.78, 5) is 13.3. The first kappa shape index (κ1) is 12.9. The van der Waals surface area contributed by atoms with E-state index in [1.165, 1.54) is 32.1 Å². The Morgan fingerprint density at radius 3 is 2.50 bits per heavy atom. The molecule has 0 aromatic heterocycles. The lowest BCUT2D eigenvalue weighted by Crippen LogP contribution is -2.33. The molecule has 1 N–H and O–H groups in total. The van der Waals surface area contributed by atoms with Crippen molar-refractivity contribution in [3.8, 4) is 0 Å². The van der Waals surface area contributed by atoms with Crippen LogP contribution in [0.2, 0.25) is 0 Å². The van der Waals surface area contributed by atoms with Crippen molar-refractivity contribution < 1.29 is 9.90 Å². The largest absolute Gasteiger partial charge is 0.478 e. The average molecular weight is 247 g/mol. The van der Waals surface area contributed by atoms with Gasteiger partial charge in [-0.15, -0.1) is 0 Å². The quantitative estimate of drug-likeness (QED) is 0.889. The van der Waals surface area contributed by atoms with Gasteiger partial charge in [-0.05, 0) is 43.5 Å². The molecule has 1 saturated carbocycles. The second-order valence-electron chi connectivity index (χ2n) is 5.21. The van der Waals surface area contributed by atoms with Gasteiger partial charge >= 0.3 is 5.97 Å². The third-order valence-electron chi connectivity index (χ3n) is 3.97. The van der Waals surface area contributed by atoms with Crippen LogP contribution in [-0.4, -0.2) is 24.2 Å². The molecular formula is C15H21NO2. The van der Waals surface area contributed by atoms with Gasteiger partial charge in [-0.25, -0.2) is 4.79 Å². The minimum absolute atomic E-state index is 0.399.